The minimum Gasteiger partial charge on any atom is -0.508 e. The van der Waals surface area contributed by atoms with Crippen LogP contribution in [0, 0.1) is 19.8 Å². The number of aryl methyl sites for hydroxylation is 2. The number of allylic oxidation sites excluding steroid dienone is 2. The Morgan fingerprint density at radius 3 is 2.45 bits per heavy atom. The van der Waals surface area contributed by atoms with Gasteiger partial charge in [0.25, 0.3) is 0 Å². The van der Waals surface area contributed by atoms with E-state index in [0.717, 1.165) is 30.7 Å². The van der Waals surface area contributed by atoms with Crippen molar-refractivity contribution >= 4 is 0 Å². The molecule has 160 valence electrons. The fourth-order valence-electron chi connectivity index (χ4n) is 4.99. The molecule has 3 atom stereocenters. The van der Waals surface area contributed by atoms with Gasteiger partial charge in [-0.15, -0.1) is 0 Å². The highest BCUT2D eigenvalue weighted by Crippen LogP contribution is 2.51. The van der Waals surface area contributed by atoms with Crippen LogP contribution in [-0.4, -0.2) is 36.7 Å². The van der Waals surface area contributed by atoms with Crippen molar-refractivity contribution in [3.05, 3.63) is 71.2 Å². The number of aliphatic hydroxyl groups excluding tert-OH is 1. The third-order valence-electron chi connectivity index (χ3n) is 6.93. The van der Waals surface area contributed by atoms with Gasteiger partial charge in [0.2, 0.25) is 0 Å². The van der Waals surface area contributed by atoms with Crippen molar-refractivity contribution in [3.8, 4) is 0 Å². The molecular formula is C26H40N2O. The molecule has 2 rings (SSSR count). The number of nitrogens with zero attached hydrogens (tertiary/aromatic N) is 1. The van der Waals surface area contributed by atoms with Crippen LogP contribution in [0.2, 0.25) is 0 Å². The first-order valence-electron chi connectivity index (χ1n) is 10.9. The zero-order valence-corrected chi connectivity index (χ0v) is 19.3. The monoisotopic (exact) mass is 396 g/mol. The molecule has 1 aromatic rings. The van der Waals surface area contributed by atoms with Gasteiger partial charge in [0, 0.05) is 36.3 Å². The predicted octanol–water partition coefficient (Wildman–Crippen LogP) is 5.80. The van der Waals surface area contributed by atoms with E-state index in [0.29, 0.717) is 5.92 Å². The second kappa shape index (κ2) is 9.67. The van der Waals surface area contributed by atoms with Gasteiger partial charge in [0.05, 0.1) is 0 Å². The fourth-order valence-corrected chi connectivity index (χ4v) is 4.99. The van der Waals surface area contributed by atoms with E-state index < -0.39 is 0 Å². The standard InChI is InChI=1S/C26H40N2O/c1-9-25(29)24(22(6)28(8)21(5)17-27-7)16-26(12-10-11-20(26)4)23-14-18(2)13-19(3)15-23/h9,13-15,20-21,27,29H,1,6,10-12,16-17H2,2-5,7-8H3/b25-24-. The summed E-state index contributed by atoms with van der Waals surface area (Å²) < 4.78 is 0. The van der Waals surface area contributed by atoms with Crippen molar-refractivity contribution in [1.29, 1.82) is 0 Å². The lowest BCUT2D eigenvalue weighted by atomic mass is 9.68. The molecule has 29 heavy (non-hydrogen) atoms. The number of aliphatic hydroxyl groups is 1. The fraction of sp³-hybridized carbons (Fsp3) is 0.538. The van der Waals surface area contributed by atoms with Crippen molar-refractivity contribution in [2.45, 2.75) is 64.8 Å². The van der Waals surface area contributed by atoms with Gasteiger partial charge in [-0.05, 0) is 64.6 Å². The molecule has 0 bridgehead atoms. The molecular weight excluding hydrogens is 356 g/mol. The summed E-state index contributed by atoms with van der Waals surface area (Å²) in [6.07, 6.45) is 5.91. The van der Waals surface area contributed by atoms with Crippen LogP contribution in [0.4, 0.5) is 0 Å². The summed E-state index contributed by atoms with van der Waals surface area (Å²) in [5.74, 6) is 0.797. The van der Waals surface area contributed by atoms with Gasteiger partial charge in [-0.25, -0.2) is 0 Å². The van der Waals surface area contributed by atoms with Crippen LogP contribution in [0.1, 0.15) is 56.2 Å². The third-order valence-corrected chi connectivity index (χ3v) is 6.93. The Balaban J connectivity index is 2.51. The minimum absolute atomic E-state index is 0.0130. The van der Waals surface area contributed by atoms with Gasteiger partial charge in [-0.2, -0.15) is 0 Å². The normalized spacial score (nSPS) is 23.4. The van der Waals surface area contributed by atoms with Gasteiger partial charge in [-0.3, -0.25) is 0 Å². The van der Waals surface area contributed by atoms with E-state index in [1.165, 1.54) is 29.5 Å². The molecule has 0 amide bonds. The summed E-state index contributed by atoms with van der Waals surface area (Å²) in [5.41, 5.74) is 5.81. The third kappa shape index (κ3) is 4.95. The van der Waals surface area contributed by atoms with Gasteiger partial charge in [-0.1, -0.05) is 55.8 Å². The molecule has 1 aliphatic rings. The van der Waals surface area contributed by atoms with Gasteiger partial charge in [0.15, 0.2) is 0 Å². The average molecular weight is 397 g/mol. The van der Waals surface area contributed by atoms with Crippen LogP contribution in [-0.2, 0) is 5.41 Å². The Hall–Kier alpha value is -2.00. The minimum atomic E-state index is 0.0130. The van der Waals surface area contributed by atoms with Crippen LogP contribution in [0.3, 0.4) is 0 Å². The SMILES string of the molecule is C=C/C(O)=C(\CC1(c2cc(C)cc(C)c2)CCCC1C)C(=C)N(C)C(C)CNC. The second-order valence-electron chi connectivity index (χ2n) is 9.03. The number of hydrogen-bond donors (Lipinski definition) is 2. The number of rotatable bonds is 9. The summed E-state index contributed by atoms with van der Waals surface area (Å²) in [6, 6.07) is 7.19. The lowest BCUT2D eigenvalue weighted by Crippen LogP contribution is -2.38. The zero-order chi connectivity index (χ0) is 21.8. The molecule has 3 heteroatoms. The van der Waals surface area contributed by atoms with Gasteiger partial charge in [0.1, 0.15) is 5.76 Å². The number of nitrogens with one attached hydrogen (secondary N) is 1. The van der Waals surface area contributed by atoms with Crippen LogP contribution in [0.15, 0.2) is 54.5 Å². The molecule has 0 aliphatic heterocycles. The van der Waals surface area contributed by atoms with Crippen LogP contribution in [0.5, 0.6) is 0 Å². The van der Waals surface area contributed by atoms with E-state index in [1.807, 2.05) is 7.05 Å². The lowest BCUT2D eigenvalue weighted by Gasteiger charge is -2.39. The first kappa shape index (κ1) is 23.3. The van der Waals surface area contributed by atoms with Crippen molar-refractivity contribution in [2.75, 3.05) is 20.6 Å². The van der Waals surface area contributed by atoms with Crippen LogP contribution in [0.25, 0.3) is 0 Å². The van der Waals surface area contributed by atoms with Gasteiger partial charge >= 0.3 is 0 Å². The summed E-state index contributed by atoms with van der Waals surface area (Å²) in [6.45, 7) is 18.0. The average Bonchev–Trinajstić information content (AvgIpc) is 3.05. The molecule has 1 aromatic carbocycles. The van der Waals surface area contributed by atoms with E-state index in [2.05, 4.69) is 76.3 Å². The molecule has 0 saturated heterocycles. The molecule has 0 spiro atoms. The Morgan fingerprint density at radius 1 is 1.34 bits per heavy atom. The summed E-state index contributed by atoms with van der Waals surface area (Å²) in [4.78, 5) is 2.17. The van der Waals surface area contributed by atoms with Crippen molar-refractivity contribution in [2.24, 2.45) is 5.92 Å². The maximum Gasteiger partial charge on any atom is 0.120 e. The second-order valence-corrected chi connectivity index (χ2v) is 9.03. The molecule has 3 unspecified atom stereocenters. The van der Waals surface area contributed by atoms with E-state index in [-0.39, 0.29) is 17.2 Å². The van der Waals surface area contributed by atoms with Crippen molar-refractivity contribution in [1.82, 2.24) is 10.2 Å². The maximum atomic E-state index is 10.8. The first-order chi connectivity index (χ1) is 13.7. The predicted molar refractivity (Wildman–Crippen MR) is 125 cm³/mol. The number of hydrogen-bond acceptors (Lipinski definition) is 3. The Bertz CT molecular complexity index is 759. The smallest absolute Gasteiger partial charge is 0.120 e. The zero-order valence-electron chi connectivity index (χ0n) is 19.3. The molecule has 0 radical (unpaired) electrons. The molecule has 1 fully saturated rings. The number of likely N-dealkylation sites (N-methyl/N-ethyl adjacent to an activating group) is 2. The quantitative estimate of drug-likeness (QED) is 0.409. The first-order valence-corrected chi connectivity index (χ1v) is 10.9. The highest BCUT2D eigenvalue weighted by atomic mass is 16.3. The van der Waals surface area contributed by atoms with E-state index >= 15 is 0 Å². The summed E-state index contributed by atoms with van der Waals surface area (Å²) in [5, 5.41) is 14.1. The summed E-state index contributed by atoms with van der Waals surface area (Å²) in [7, 11) is 4.02. The Morgan fingerprint density at radius 2 is 1.97 bits per heavy atom. The summed E-state index contributed by atoms with van der Waals surface area (Å²) >= 11 is 0. The van der Waals surface area contributed by atoms with E-state index in [1.54, 1.807) is 6.08 Å². The Labute approximate surface area is 178 Å². The highest BCUT2D eigenvalue weighted by Gasteiger charge is 2.43. The topological polar surface area (TPSA) is 35.5 Å². The lowest BCUT2D eigenvalue weighted by molar-refractivity contribution is 0.293. The van der Waals surface area contributed by atoms with Gasteiger partial charge < -0.3 is 15.3 Å². The molecule has 0 aromatic heterocycles. The van der Waals surface area contributed by atoms with Crippen molar-refractivity contribution in [3.63, 3.8) is 0 Å². The van der Waals surface area contributed by atoms with E-state index in [9.17, 15) is 5.11 Å². The van der Waals surface area contributed by atoms with Crippen LogP contribution >= 0.6 is 0 Å². The molecule has 1 aliphatic carbocycles. The molecule has 1 saturated carbocycles. The molecule has 3 nitrogen and oxygen atoms in total. The van der Waals surface area contributed by atoms with Crippen LogP contribution < -0.4 is 5.32 Å². The van der Waals surface area contributed by atoms with Crippen molar-refractivity contribution < 1.29 is 5.11 Å². The molecule has 2 N–H and O–H groups in total. The largest absolute Gasteiger partial charge is 0.508 e. The maximum absolute atomic E-state index is 10.8. The molecule has 0 heterocycles. The highest BCUT2D eigenvalue weighted by molar-refractivity contribution is 5.42. The Kier molecular flexibility index (Phi) is 7.76. The number of benzene rings is 1. The van der Waals surface area contributed by atoms with E-state index in [4.69, 9.17) is 0 Å².